The lowest BCUT2D eigenvalue weighted by Gasteiger charge is -2.07. The van der Waals surface area contributed by atoms with Gasteiger partial charge in [-0.25, -0.2) is 4.39 Å². The highest BCUT2D eigenvalue weighted by Crippen LogP contribution is 2.32. The summed E-state index contributed by atoms with van der Waals surface area (Å²) in [6, 6.07) is 14.3. The van der Waals surface area contributed by atoms with Crippen LogP contribution in [0.5, 0.6) is 11.5 Å². The highest BCUT2D eigenvalue weighted by Gasteiger charge is 2.13. The van der Waals surface area contributed by atoms with E-state index in [1.54, 1.807) is 12.1 Å². The maximum Gasteiger partial charge on any atom is 0.256 e. The lowest BCUT2D eigenvalue weighted by molar-refractivity contribution is 0.102. The van der Waals surface area contributed by atoms with Crippen LogP contribution in [0.15, 0.2) is 54.6 Å². The van der Waals surface area contributed by atoms with Crippen molar-refractivity contribution < 1.29 is 18.7 Å². The van der Waals surface area contributed by atoms with Gasteiger partial charge < -0.3 is 20.1 Å². The topological polar surface area (TPSA) is 85.4 Å². The molecule has 1 aliphatic rings. The van der Waals surface area contributed by atoms with Gasteiger partial charge in [0.15, 0.2) is 17.3 Å². The number of fused-ring (bicyclic) bond motifs is 1. The molecule has 27 heavy (non-hydrogen) atoms. The average molecular weight is 366 g/mol. The second kappa shape index (κ2) is 7.28. The molecule has 8 heteroatoms. The Morgan fingerprint density at radius 2 is 1.70 bits per heavy atom. The first-order valence-electron chi connectivity index (χ1n) is 8.20. The number of aromatic nitrogens is 2. The lowest BCUT2D eigenvalue weighted by atomic mass is 10.2. The molecule has 1 amide bonds. The third-order valence-electron chi connectivity index (χ3n) is 3.92. The van der Waals surface area contributed by atoms with Crippen molar-refractivity contribution >= 4 is 17.5 Å². The van der Waals surface area contributed by atoms with Gasteiger partial charge in [0.1, 0.15) is 11.6 Å². The number of benzene rings is 2. The van der Waals surface area contributed by atoms with Gasteiger partial charge in [-0.05, 0) is 54.1 Å². The zero-order chi connectivity index (χ0) is 18.6. The molecule has 2 N–H and O–H groups in total. The van der Waals surface area contributed by atoms with Crippen LogP contribution in [0.25, 0.3) is 0 Å². The van der Waals surface area contributed by atoms with Crippen molar-refractivity contribution in [3.05, 3.63) is 71.5 Å². The van der Waals surface area contributed by atoms with E-state index in [0.29, 0.717) is 23.7 Å². The Labute approximate surface area is 154 Å². The summed E-state index contributed by atoms with van der Waals surface area (Å²) < 4.78 is 23.5. The number of hydrogen-bond acceptors (Lipinski definition) is 6. The Kier molecular flexibility index (Phi) is 4.52. The van der Waals surface area contributed by atoms with E-state index in [9.17, 15) is 9.18 Å². The van der Waals surface area contributed by atoms with E-state index in [-0.39, 0.29) is 12.7 Å². The van der Waals surface area contributed by atoms with Crippen molar-refractivity contribution in [2.45, 2.75) is 6.54 Å². The molecule has 0 radical (unpaired) electrons. The Morgan fingerprint density at radius 1 is 0.963 bits per heavy atom. The number of rotatable bonds is 5. The summed E-state index contributed by atoms with van der Waals surface area (Å²) in [7, 11) is 0. The maximum absolute atomic E-state index is 12.9. The minimum atomic E-state index is -0.399. The minimum absolute atomic E-state index is 0.239. The molecule has 2 heterocycles. The first-order chi connectivity index (χ1) is 13.2. The lowest BCUT2D eigenvalue weighted by Crippen LogP contribution is -2.13. The van der Waals surface area contributed by atoms with Gasteiger partial charge in [0.2, 0.25) is 6.79 Å². The first kappa shape index (κ1) is 16.8. The van der Waals surface area contributed by atoms with Gasteiger partial charge in [-0.15, -0.1) is 10.2 Å². The number of carbonyl (C=O) groups is 1. The van der Waals surface area contributed by atoms with Crippen LogP contribution in [0.3, 0.4) is 0 Å². The van der Waals surface area contributed by atoms with Crippen LogP contribution in [0, 0.1) is 5.82 Å². The summed E-state index contributed by atoms with van der Waals surface area (Å²) in [6.45, 7) is 0.773. The number of halogens is 1. The smallest absolute Gasteiger partial charge is 0.256 e. The third-order valence-corrected chi connectivity index (χ3v) is 3.92. The van der Waals surface area contributed by atoms with Gasteiger partial charge in [-0.2, -0.15) is 0 Å². The number of nitrogens with one attached hydrogen (secondary N) is 2. The molecule has 136 valence electrons. The molecule has 0 bridgehead atoms. The first-order valence-corrected chi connectivity index (χ1v) is 8.20. The van der Waals surface area contributed by atoms with Crippen molar-refractivity contribution in [3.63, 3.8) is 0 Å². The Hall–Kier alpha value is -3.68. The fraction of sp³-hybridized carbons (Fsp3) is 0.105. The van der Waals surface area contributed by atoms with Crippen LogP contribution in [-0.4, -0.2) is 22.9 Å². The molecule has 0 aliphatic carbocycles. The summed E-state index contributed by atoms with van der Waals surface area (Å²) in [4.78, 5) is 12.1. The monoisotopic (exact) mass is 366 g/mol. The second-order valence-corrected chi connectivity index (χ2v) is 5.81. The van der Waals surface area contributed by atoms with Crippen molar-refractivity contribution in [1.82, 2.24) is 10.2 Å². The predicted octanol–water partition coefficient (Wildman–Crippen LogP) is 3.21. The normalized spacial score (nSPS) is 11.9. The molecular formula is C19H15FN4O3. The van der Waals surface area contributed by atoms with E-state index < -0.39 is 5.82 Å². The van der Waals surface area contributed by atoms with Crippen LogP contribution in [0.1, 0.15) is 15.9 Å². The summed E-state index contributed by atoms with van der Waals surface area (Å²) in [6.07, 6.45) is 0. The standard InChI is InChI=1S/C19H15FN4O3/c20-14-4-2-13(3-5-14)19(25)22-18-8-7-17(23-24-18)21-10-12-1-6-15-16(9-12)27-11-26-15/h1-9H,10-11H2,(H,21,23)(H,22,24,25). The summed E-state index contributed by atoms with van der Waals surface area (Å²) in [5.41, 5.74) is 1.35. The quantitative estimate of drug-likeness (QED) is 0.721. The van der Waals surface area contributed by atoms with E-state index in [0.717, 1.165) is 17.1 Å². The molecule has 0 saturated heterocycles. The van der Waals surface area contributed by atoms with Crippen LogP contribution in [0.2, 0.25) is 0 Å². The van der Waals surface area contributed by atoms with Gasteiger partial charge in [-0.3, -0.25) is 4.79 Å². The average Bonchev–Trinajstić information content (AvgIpc) is 3.16. The largest absolute Gasteiger partial charge is 0.454 e. The van der Waals surface area contributed by atoms with E-state index in [1.165, 1.54) is 24.3 Å². The summed E-state index contributed by atoms with van der Waals surface area (Å²) in [5, 5.41) is 13.8. The third kappa shape index (κ3) is 3.95. The summed E-state index contributed by atoms with van der Waals surface area (Å²) in [5.74, 6) is 1.54. The Bertz CT molecular complexity index is 962. The number of nitrogens with zero attached hydrogens (tertiary/aromatic N) is 2. The van der Waals surface area contributed by atoms with Crippen molar-refractivity contribution in [2.24, 2.45) is 0 Å². The van der Waals surface area contributed by atoms with Crippen molar-refractivity contribution in [3.8, 4) is 11.5 Å². The Balaban J connectivity index is 1.34. The van der Waals surface area contributed by atoms with E-state index >= 15 is 0 Å². The molecule has 7 nitrogen and oxygen atoms in total. The molecule has 1 aliphatic heterocycles. The fourth-order valence-electron chi connectivity index (χ4n) is 2.53. The molecular weight excluding hydrogens is 351 g/mol. The Morgan fingerprint density at radius 3 is 2.48 bits per heavy atom. The molecule has 2 aromatic carbocycles. The van der Waals surface area contributed by atoms with E-state index in [2.05, 4.69) is 20.8 Å². The van der Waals surface area contributed by atoms with E-state index in [1.807, 2.05) is 18.2 Å². The van der Waals surface area contributed by atoms with Gasteiger partial charge in [0.25, 0.3) is 5.91 Å². The van der Waals surface area contributed by atoms with Crippen LogP contribution < -0.4 is 20.1 Å². The number of anilines is 2. The zero-order valence-corrected chi connectivity index (χ0v) is 14.1. The van der Waals surface area contributed by atoms with Crippen LogP contribution >= 0.6 is 0 Å². The molecule has 0 atom stereocenters. The highest BCUT2D eigenvalue weighted by molar-refractivity contribution is 6.03. The van der Waals surface area contributed by atoms with Gasteiger partial charge >= 0.3 is 0 Å². The van der Waals surface area contributed by atoms with Gasteiger partial charge in [0, 0.05) is 12.1 Å². The molecule has 3 aromatic rings. The molecule has 1 aromatic heterocycles. The molecule has 0 unspecified atom stereocenters. The second-order valence-electron chi connectivity index (χ2n) is 5.81. The number of hydrogen-bond donors (Lipinski definition) is 2. The van der Waals surface area contributed by atoms with Crippen LogP contribution in [-0.2, 0) is 6.54 Å². The predicted molar refractivity (Wildman–Crippen MR) is 96.3 cm³/mol. The van der Waals surface area contributed by atoms with Gasteiger partial charge in [-0.1, -0.05) is 6.07 Å². The SMILES string of the molecule is O=C(Nc1ccc(NCc2ccc3c(c2)OCO3)nn1)c1ccc(F)cc1. The number of amides is 1. The maximum atomic E-state index is 12.9. The number of ether oxygens (including phenoxy) is 2. The van der Waals surface area contributed by atoms with Crippen molar-refractivity contribution in [1.29, 1.82) is 0 Å². The molecule has 0 saturated carbocycles. The molecule has 0 spiro atoms. The summed E-state index contributed by atoms with van der Waals surface area (Å²) >= 11 is 0. The minimum Gasteiger partial charge on any atom is -0.454 e. The van der Waals surface area contributed by atoms with E-state index in [4.69, 9.17) is 9.47 Å². The highest BCUT2D eigenvalue weighted by atomic mass is 19.1. The molecule has 0 fully saturated rings. The molecule has 4 rings (SSSR count). The number of carbonyl (C=O) groups excluding carboxylic acids is 1. The van der Waals surface area contributed by atoms with Crippen molar-refractivity contribution in [2.75, 3.05) is 17.4 Å². The van der Waals surface area contributed by atoms with Gasteiger partial charge in [0.05, 0.1) is 0 Å². The zero-order valence-electron chi connectivity index (χ0n) is 14.1. The fourth-order valence-corrected chi connectivity index (χ4v) is 2.53. The van der Waals surface area contributed by atoms with Crippen LogP contribution in [0.4, 0.5) is 16.0 Å².